The maximum absolute atomic E-state index is 13.8. The van der Waals surface area contributed by atoms with Crippen LogP contribution in [0.25, 0.3) is 0 Å². The van der Waals surface area contributed by atoms with Crippen molar-refractivity contribution in [2.75, 3.05) is 7.11 Å². The highest BCUT2D eigenvalue weighted by Gasteiger charge is 2.35. The minimum absolute atomic E-state index is 0.245. The molecule has 0 spiro atoms. The summed E-state index contributed by atoms with van der Waals surface area (Å²) in [6.07, 6.45) is 12.8. The first-order chi connectivity index (χ1) is 14.7. The lowest BCUT2D eigenvalue weighted by atomic mass is 9.64. The Morgan fingerprint density at radius 1 is 0.900 bits per heavy atom. The van der Waals surface area contributed by atoms with E-state index in [4.69, 9.17) is 4.74 Å². The van der Waals surface area contributed by atoms with Gasteiger partial charge in [-0.2, -0.15) is 0 Å². The van der Waals surface area contributed by atoms with Crippen LogP contribution in [0.5, 0.6) is 5.75 Å². The van der Waals surface area contributed by atoms with Gasteiger partial charge in [0.05, 0.1) is 7.11 Å². The molecule has 0 N–H and O–H groups in total. The molecule has 2 saturated carbocycles. The number of hydrogen-bond acceptors (Lipinski definition) is 1. The molecule has 0 saturated heterocycles. The highest BCUT2D eigenvalue weighted by Crippen LogP contribution is 2.47. The van der Waals surface area contributed by atoms with Gasteiger partial charge < -0.3 is 4.74 Å². The Bertz CT molecular complexity index is 947. The predicted molar refractivity (Wildman–Crippen MR) is 121 cm³/mol. The van der Waals surface area contributed by atoms with Crippen molar-refractivity contribution in [1.29, 1.82) is 0 Å². The Morgan fingerprint density at radius 2 is 1.60 bits per heavy atom. The van der Waals surface area contributed by atoms with E-state index in [1.165, 1.54) is 57.3 Å². The van der Waals surface area contributed by atoms with Crippen LogP contribution < -0.4 is 4.74 Å². The molecular formula is C28H31FO. The molecule has 2 aliphatic carbocycles. The summed E-state index contributed by atoms with van der Waals surface area (Å²) >= 11 is 0. The summed E-state index contributed by atoms with van der Waals surface area (Å²) in [5.41, 5.74) is 3.07. The molecule has 4 rings (SSSR count). The van der Waals surface area contributed by atoms with Gasteiger partial charge in [0, 0.05) is 11.1 Å². The number of rotatable bonds is 3. The van der Waals surface area contributed by atoms with Crippen LogP contribution in [-0.4, -0.2) is 7.11 Å². The van der Waals surface area contributed by atoms with Gasteiger partial charge in [-0.3, -0.25) is 0 Å². The molecule has 2 aromatic rings. The van der Waals surface area contributed by atoms with Crippen molar-refractivity contribution in [3.8, 4) is 17.6 Å². The lowest BCUT2D eigenvalue weighted by Crippen LogP contribution is -2.30. The van der Waals surface area contributed by atoms with E-state index < -0.39 is 0 Å². The van der Waals surface area contributed by atoms with E-state index in [2.05, 4.69) is 55.2 Å². The minimum Gasteiger partial charge on any atom is -0.494 e. The molecule has 2 fully saturated rings. The van der Waals surface area contributed by atoms with E-state index >= 15 is 0 Å². The van der Waals surface area contributed by atoms with Crippen molar-refractivity contribution in [2.24, 2.45) is 17.8 Å². The summed E-state index contributed by atoms with van der Waals surface area (Å²) in [7, 11) is 1.46. The molecule has 0 amide bonds. The highest BCUT2D eigenvalue weighted by atomic mass is 19.1. The van der Waals surface area contributed by atoms with Crippen molar-refractivity contribution in [1.82, 2.24) is 0 Å². The number of fused-ring (bicyclic) bond motifs is 1. The third-order valence-electron chi connectivity index (χ3n) is 7.00. The van der Waals surface area contributed by atoms with E-state index in [1.807, 2.05) is 0 Å². The maximum Gasteiger partial charge on any atom is 0.166 e. The first kappa shape index (κ1) is 20.7. The fourth-order valence-corrected chi connectivity index (χ4v) is 5.40. The van der Waals surface area contributed by atoms with E-state index in [1.54, 1.807) is 12.1 Å². The zero-order chi connectivity index (χ0) is 20.9. The van der Waals surface area contributed by atoms with Gasteiger partial charge in [-0.1, -0.05) is 36.1 Å². The quantitative estimate of drug-likeness (QED) is 0.393. The third kappa shape index (κ3) is 4.78. The topological polar surface area (TPSA) is 9.23 Å². The van der Waals surface area contributed by atoms with Crippen LogP contribution in [0.4, 0.5) is 4.39 Å². The van der Waals surface area contributed by atoms with Crippen LogP contribution in [0.3, 0.4) is 0 Å². The molecule has 1 nitrogen and oxygen atoms in total. The summed E-state index contributed by atoms with van der Waals surface area (Å²) in [4.78, 5) is 0. The largest absolute Gasteiger partial charge is 0.494 e. The molecular weight excluding hydrogens is 371 g/mol. The second-order valence-corrected chi connectivity index (χ2v) is 8.85. The SMILES string of the molecule is C/C=C/C1CCC2CC(c3ccc(C#Cc4ccc(OC)c(F)c4)cc3)CCC2C1. The maximum atomic E-state index is 13.8. The number of allylic oxidation sites excluding steroid dienone is 2. The zero-order valence-electron chi connectivity index (χ0n) is 18.0. The van der Waals surface area contributed by atoms with Crippen LogP contribution in [-0.2, 0) is 0 Å². The molecule has 0 radical (unpaired) electrons. The summed E-state index contributed by atoms with van der Waals surface area (Å²) in [5.74, 6) is 9.39. The first-order valence-corrected chi connectivity index (χ1v) is 11.2. The van der Waals surface area contributed by atoms with Gasteiger partial charge in [-0.25, -0.2) is 4.39 Å². The molecule has 2 aliphatic rings. The molecule has 30 heavy (non-hydrogen) atoms. The van der Waals surface area contributed by atoms with Crippen molar-refractivity contribution in [3.63, 3.8) is 0 Å². The highest BCUT2D eigenvalue weighted by molar-refractivity contribution is 5.45. The van der Waals surface area contributed by atoms with Crippen molar-refractivity contribution >= 4 is 0 Å². The molecule has 0 bridgehead atoms. The third-order valence-corrected chi connectivity index (χ3v) is 7.00. The summed E-state index contributed by atoms with van der Waals surface area (Å²) in [6.45, 7) is 2.15. The van der Waals surface area contributed by atoms with Gasteiger partial charge in [-0.05, 0) is 105 Å². The van der Waals surface area contributed by atoms with E-state index in [-0.39, 0.29) is 11.6 Å². The Kier molecular flexibility index (Phi) is 6.58. The Morgan fingerprint density at radius 3 is 2.33 bits per heavy atom. The zero-order valence-corrected chi connectivity index (χ0v) is 18.0. The van der Waals surface area contributed by atoms with Crippen LogP contribution in [0.15, 0.2) is 54.6 Å². The van der Waals surface area contributed by atoms with E-state index in [9.17, 15) is 4.39 Å². The first-order valence-electron chi connectivity index (χ1n) is 11.2. The molecule has 2 heteroatoms. The average Bonchev–Trinajstić information content (AvgIpc) is 2.78. The number of ether oxygens (including phenoxy) is 1. The van der Waals surface area contributed by atoms with Gasteiger partial charge in [0.2, 0.25) is 0 Å². The molecule has 156 valence electrons. The fraction of sp³-hybridized carbons (Fsp3) is 0.429. The minimum atomic E-state index is -0.380. The molecule has 0 aromatic heterocycles. The monoisotopic (exact) mass is 402 g/mol. The van der Waals surface area contributed by atoms with E-state index in [0.29, 0.717) is 11.5 Å². The summed E-state index contributed by atoms with van der Waals surface area (Å²) in [5, 5.41) is 0. The van der Waals surface area contributed by atoms with Crippen molar-refractivity contribution in [2.45, 2.75) is 51.4 Å². The Hall–Kier alpha value is -2.53. The van der Waals surface area contributed by atoms with Gasteiger partial charge in [0.25, 0.3) is 0 Å². The second kappa shape index (κ2) is 9.52. The molecule has 2 aromatic carbocycles. The van der Waals surface area contributed by atoms with Crippen LogP contribution >= 0.6 is 0 Å². The Balaban J connectivity index is 1.38. The number of benzene rings is 2. The number of halogens is 1. The predicted octanol–water partition coefficient (Wildman–Crippen LogP) is 7.11. The van der Waals surface area contributed by atoms with Crippen LogP contribution in [0, 0.1) is 35.4 Å². The van der Waals surface area contributed by atoms with Gasteiger partial charge >= 0.3 is 0 Å². The number of hydrogen-bond donors (Lipinski definition) is 0. The van der Waals surface area contributed by atoms with Crippen LogP contribution in [0.1, 0.15) is 68.1 Å². The lowest BCUT2D eigenvalue weighted by Gasteiger charge is -2.41. The van der Waals surface area contributed by atoms with E-state index in [0.717, 1.165) is 23.3 Å². The van der Waals surface area contributed by atoms with Crippen LogP contribution in [0.2, 0.25) is 0 Å². The van der Waals surface area contributed by atoms with Crippen molar-refractivity contribution < 1.29 is 9.13 Å². The molecule has 0 heterocycles. The second-order valence-electron chi connectivity index (χ2n) is 8.85. The van der Waals surface area contributed by atoms with Gasteiger partial charge in [-0.15, -0.1) is 0 Å². The van der Waals surface area contributed by atoms with Crippen molar-refractivity contribution in [3.05, 3.63) is 77.1 Å². The van der Waals surface area contributed by atoms with Gasteiger partial charge in [0.1, 0.15) is 0 Å². The molecule has 4 atom stereocenters. The molecule has 4 unspecified atom stereocenters. The Labute approximate surface area is 180 Å². The fourth-order valence-electron chi connectivity index (χ4n) is 5.40. The van der Waals surface area contributed by atoms with Gasteiger partial charge in [0.15, 0.2) is 11.6 Å². The molecule has 0 aliphatic heterocycles. The smallest absolute Gasteiger partial charge is 0.166 e. The lowest BCUT2D eigenvalue weighted by molar-refractivity contribution is 0.133. The summed E-state index contributed by atoms with van der Waals surface area (Å²) in [6, 6.07) is 13.5. The number of methoxy groups -OCH3 is 1. The average molecular weight is 403 g/mol. The normalized spacial score (nSPS) is 26.0. The summed E-state index contributed by atoms with van der Waals surface area (Å²) < 4.78 is 18.8. The standard InChI is InChI=1S/C28H31FO/c1-3-4-21-9-13-26-19-25(15-14-24(26)17-21)23-11-7-20(8-12-23)5-6-22-10-16-28(30-2)27(29)18-22/h3-4,7-8,10-12,16,18,21,24-26H,9,13-15,17,19H2,1-2H3/b4-3+.